The van der Waals surface area contributed by atoms with E-state index in [2.05, 4.69) is 10.3 Å². The van der Waals surface area contributed by atoms with Crippen LogP contribution in [-0.2, 0) is 0 Å². The van der Waals surface area contributed by atoms with Gasteiger partial charge in [-0.3, -0.25) is 9.78 Å². The Morgan fingerprint density at radius 1 is 1.38 bits per heavy atom. The number of fused-ring (bicyclic) bond motifs is 1. The second kappa shape index (κ2) is 6.18. The van der Waals surface area contributed by atoms with E-state index < -0.39 is 0 Å². The molecule has 0 spiro atoms. The number of aryl methyl sites for hydroxylation is 1. The fourth-order valence-corrected chi connectivity index (χ4v) is 2.11. The van der Waals surface area contributed by atoms with Gasteiger partial charge in [-0.1, -0.05) is 6.92 Å². The molecule has 2 rings (SSSR count). The molecule has 0 saturated carbocycles. The molecule has 1 aromatic carbocycles. The molecular formula is C16H19FN2O2. The Kier molecular flexibility index (Phi) is 4.53. The van der Waals surface area contributed by atoms with Crippen LogP contribution in [0.5, 0.6) is 0 Å². The Morgan fingerprint density at radius 2 is 2.10 bits per heavy atom. The van der Waals surface area contributed by atoms with Crippen LogP contribution >= 0.6 is 0 Å². The highest BCUT2D eigenvalue weighted by molar-refractivity contribution is 6.06. The zero-order valence-electron chi connectivity index (χ0n) is 12.4. The van der Waals surface area contributed by atoms with Crippen LogP contribution in [0.4, 0.5) is 4.39 Å². The van der Waals surface area contributed by atoms with Crippen molar-refractivity contribution in [2.75, 3.05) is 6.61 Å². The van der Waals surface area contributed by atoms with Gasteiger partial charge in [0.25, 0.3) is 5.91 Å². The average Bonchev–Trinajstić information content (AvgIpc) is 2.44. The zero-order chi connectivity index (χ0) is 15.6. The molecule has 21 heavy (non-hydrogen) atoms. The molecule has 2 unspecified atom stereocenters. The quantitative estimate of drug-likeness (QED) is 0.909. The van der Waals surface area contributed by atoms with Gasteiger partial charge >= 0.3 is 0 Å². The Morgan fingerprint density at radius 3 is 2.76 bits per heavy atom. The van der Waals surface area contributed by atoms with E-state index in [0.717, 1.165) is 0 Å². The lowest BCUT2D eigenvalue weighted by Crippen LogP contribution is -2.38. The lowest BCUT2D eigenvalue weighted by molar-refractivity contribution is 0.0918. The molecule has 0 fully saturated rings. The van der Waals surface area contributed by atoms with Crippen LogP contribution in [0.2, 0.25) is 0 Å². The zero-order valence-corrected chi connectivity index (χ0v) is 12.4. The summed E-state index contributed by atoms with van der Waals surface area (Å²) in [7, 11) is 0. The number of pyridine rings is 1. The highest BCUT2D eigenvalue weighted by atomic mass is 19.1. The van der Waals surface area contributed by atoms with E-state index in [-0.39, 0.29) is 30.3 Å². The molecular weight excluding hydrogens is 271 g/mol. The van der Waals surface area contributed by atoms with Crippen LogP contribution < -0.4 is 5.32 Å². The second-order valence-corrected chi connectivity index (χ2v) is 5.39. The van der Waals surface area contributed by atoms with E-state index in [1.165, 1.54) is 12.1 Å². The normalized spacial score (nSPS) is 14.0. The largest absolute Gasteiger partial charge is 0.396 e. The van der Waals surface area contributed by atoms with E-state index in [9.17, 15) is 9.18 Å². The van der Waals surface area contributed by atoms with Gasteiger partial charge in [0.2, 0.25) is 0 Å². The molecule has 2 atom stereocenters. The number of benzene rings is 1. The molecule has 0 saturated heterocycles. The van der Waals surface area contributed by atoms with Gasteiger partial charge in [-0.05, 0) is 38.0 Å². The standard InChI is InChI=1S/C16H19FN2O2/c1-9(8-20)11(3)19-16(21)14-6-10(2)18-15-7-12(17)4-5-13(14)15/h4-7,9,11,20H,8H2,1-3H3,(H,19,21). The number of amides is 1. The first kappa shape index (κ1) is 15.4. The van der Waals surface area contributed by atoms with Crippen molar-refractivity contribution in [3.63, 3.8) is 0 Å². The minimum Gasteiger partial charge on any atom is -0.396 e. The SMILES string of the molecule is Cc1cc(C(=O)NC(C)C(C)CO)c2ccc(F)cc2n1. The third-order valence-electron chi connectivity index (χ3n) is 3.64. The molecule has 0 aliphatic heterocycles. The highest BCUT2D eigenvalue weighted by Crippen LogP contribution is 2.20. The molecule has 0 bridgehead atoms. The number of halogens is 1. The number of aliphatic hydroxyl groups excluding tert-OH is 1. The van der Waals surface area contributed by atoms with Gasteiger partial charge in [-0.2, -0.15) is 0 Å². The smallest absolute Gasteiger partial charge is 0.252 e. The van der Waals surface area contributed by atoms with Gasteiger partial charge in [0, 0.05) is 29.8 Å². The predicted molar refractivity (Wildman–Crippen MR) is 79.6 cm³/mol. The fraction of sp³-hybridized carbons (Fsp3) is 0.375. The molecule has 0 aliphatic rings. The van der Waals surface area contributed by atoms with Crippen molar-refractivity contribution in [3.8, 4) is 0 Å². The number of aliphatic hydroxyl groups is 1. The first-order valence-electron chi connectivity index (χ1n) is 6.91. The molecule has 1 heterocycles. The summed E-state index contributed by atoms with van der Waals surface area (Å²) in [5, 5.41) is 12.6. The van der Waals surface area contributed by atoms with Crippen molar-refractivity contribution >= 4 is 16.8 Å². The lowest BCUT2D eigenvalue weighted by Gasteiger charge is -2.19. The first-order chi connectivity index (χ1) is 9.92. The molecule has 112 valence electrons. The maximum atomic E-state index is 13.3. The number of hydrogen-bond acceptors (Lipinski definition) is 3. The summed E-state index contributed by atoms with van der Waals surface area (Å²) in [4.78, 5) is 16.7. The van der Waals surface area contributed by atoms with E-state index in [0.29, 0.717) is 22.2 Å². The summed E-state index contributed by atoms with van der Waals surface area (Å²) in [5.41, 5.74) is 1.58. The van der Waals surface area contributed by atoms with Gasteiger partial charge in [-0.25, -0.2) is 4.39 Å². The van der Waals surface area contributed by atoms with Crippen LogP contribution in [0.1, 0.15) is 29.9 Å². The van der Waals surface area contributed by atoms with Crippen LogP contribution in [0.25, 0.3) is 10.9 Å². The number of carbonyl (C=O) groups is 1. The maximum Gasteiger partial charge on any atom is 0.252 e. The number of nitrogens with zero attached hydrogens (tertiary/aromatic N) is 1. The van der Waals surface area contributed by atoms with Gasteiger partial charge in [0.15, 0.2) is 0 Å². The first-order valence-corrected chi connectivity index (χ1v) is 6.91. The summed E-state index contributed by atoms with van der Waals surface area (Å²) in [6.07, 6.45) is 0. The molecule has 2 aromatic rings. The van der Waals surface area contributed by atoms with Crippen molar-refractivity contribution < 1.29 is 14.3 Å². The minimum atomic E-state index is -0.380. The summed E-state index contributed by atoms with van der Waals surface area (Å²) in [6.45, 7) is 5.47. The molecule has 2 N–H and O–H groups in total. The second-order valence-electron chi connectivity index (χ2n) is 5.39. The maximum absolute atomic E-state index is 13.3. The van der Waals surface area contributed by atoms with Gasteiger partial charge < -0.3 is 10.4 Å². The van der Waals surface area contributed by atoms with Crippen LogP contribution in [0.15, 0.2) is 24.3 Å². The summed E-state index contributed by atoms with van der Waals surface area (Å²) in [6, 6.07) is 5.72. The van der Waals surface area contributed by atoms with Gasteiger partial charge in [0.05, 0.1) is 11.1 Å². The number of carbonyl (C=O) groups excluding carboxylic acids is 1. The van der Waals surface area contributed by atoms with Gasteiger partial charge in [-0.15, -0.1) is 0 Å². The average molecular weight is 290 g/mol. The number of aromatic nitrogens is 1. The topological polar surface area (TPSA) is 62.2 Å². The van der Waals surface area contributed by atoms with Crippen molar-refractivity contribution in [1.82, 2.24) is 10.3 Å². The van der Waals surface area contributed by atoms with E-state index in [1.807, 2.05) is 13.8 Å². The van der Waals surface area contributed by atoms with Crippen molar-refractivity contribution in [2.45, 2.75) is 26.8 Å². The molecule has 1 aromatic heterocycles. The monoisotopic (exact) mass is 290 g/mol. The highest BCUT2D eigenvalue weighted by Gasteiger charge is 2.17. The summed E-state index contributed by atoms with van der Waals surface area (Å²) >= 11 is 0. The molecule has 0 radical (unpaired) electrons. The van der Waals surface area contributed by atoms with Gasteiger partial charge in [0.1, 0.15) is 5.82 Å². The van der Waals surface area contributed by atoms with Crippen molar-refractivity contribution in [1.29, 1.82) is 0 Å². The summed E-state index contributed by atoms with van der Waals surface area (Å²) < 4.78 is 13.3. The Bertz CT molecular complexity index is 667. The fourth-order valence-electron chi connectivity index (χ4n) is 2.11. The van der Waals surface area contributed by atoms with Crippen molar-refractivity contribution in [3.05, 3.63) is 41.3 Å². The lowest BCUT2D eigenvalue weighted by atomic mass is 10.0. The third kappa shape index (κ3) is 3.36. The summed E-state index contributed by atoms with van der Waals surface area (Å²) in [5.74, 6) is -0.667. The third-order valence-corrected chi connectivity index (χ3v) is 3.64. The van der Waals surface area contributed by atoms with Crippen LogP contribution in [0, 0.1) is 18.7 Å². The Hall–Kier alpha value is -2.01. The molecule has 4 nitrogen and oxygen atoms in total. The number of nitrogens with one attached hydrogen (secondary N) is 1. The van der Waals surface area contributed by atoms with Crippen LogP contribution in [0.3, 0.4) is 0 Å². The van der Waals surface area contributed by atoms with E-state index >= 15 is 0 Å². The Balaban J connectivity index is 2.39. The Labute approximate surface area is 123 Å². The molecule has 5 heteroatoms. The van der Waals surface area contributed by atoms with E-state index in [1.54, 1.807) is 19.1 Å². The van der Waals surface area contributed by atoms with E-state index in [4.69, 9.17) is 5.11 Å². The number of hydrogen-bond donors (Lipinski definition) is 2. The molecule has 1 amide bonds. The molecule has 0 aliphatic carbocycles. The van der Waals surface area contributed by atoms with Crippen LogP contribution in [-0.4, -0.2) is 28.6 Å². The predicted octanol–water partition coefficient (Wildman–Crippen LogP) is 2.43. The minimum absolute atomic E-state index is 0.00276. The van der Waals surface area contributed by atoms with Crippen molar-refractivity contribution in [2.24, 2.45) is 5.92 Å². The number of rotatable bonds is 4.